The number of rotatable bonds is 3. The molecule has 110 valence electrons. The van der Waals surface area contributed by atoms with Crippen LogP contribution in [0.3, 0.4) is 0 Å². The molecule has 3 heteroatoms. The van der Waals surface area contributed by atoms with Gasteiger partial charge in [-0.3, -0.25) is 4.79 Å². The fraction of sp³-hybridized carbons (Fsp3) is 0.278. The second-order valence-corrected chi connectivity index (χ2v) is 5.72. The standard InChI is InChI=1S/C18H22N2O/c1-13-10-11-16(14(2)12-13)20(4)17(21)18(3,19)15-8-6-5-7-9-15/h5-12H,19H2,1-4H3. The van der Waals surface area contributed by atoms with E-state index in [1.807, 2.05) is 56.3 Å². The normalized spacial score (nSPS) is 13.6. The summed E-state index contributed by atoms with van der Waals surface area (Å²) in [5.74, 6) is -0.124. The molecular weight excluding hydrogens is 260 g/mol. The predicted octanol–water partition coefficient (Wildman–Crippen LogP) is 3.14. The van der Waals surface area contributed by atoms with Crippen molar-refractivity contribution in [3.05, 3.63) is 65.2 Å². The van der Waals surface area contributed by atoms with Crippen LogP contribution in [0.25, 0.3) is 0 Å². The first kappa shape index (κ1) is 15.3. The number of nitrogens with two attached hydrogens (primary N) is 1. The van der Waals surface area contributed by atoms with Crippen LogP contribution >= 0.6 is 0 Å². The zero-order chi connectivity index (χ0) is 15.6. The highest BCUT2D eigenvalue weighted by Crippen LogP contribution is 2.26. The van der Waals surface area contributed by atoms with Crippen molar-refractivity contribution in [3.63, 3.8) is 0 Å². The third-order valence-corrected chi connectivity index (χ3v) is 3.84. The molecule has 0 aliphatic heterocycles. The van der Waals surface area contributed by atoms with E-state index in [-0.39, 0.29) is 5.91 Å². The van der Waals surface area contributed by atoms with Crippen molar-refractivity contribution in [1.29, 1.82) is 0 Å². The molecule has 0 saturated heterocycles. The van der Waals surface area contributed by atoms with Gasteiger partial charge in [0.25, 0.3) is 5.91 Å². The summed E-state index contributed by atoms with van der Waals surface area (Å²) in [5, 5.41) is 0. The van der Waals surface area contributed by atoms with E-state index in [0.29, 0.717) is 0 Å². The minimum absolute atomic E-state index is 0.124. The Labute approximate surface area is 126 Å². The highest BCUT2D eigenvalue weighted by molar-refractivity contribution is 6.00. The Morgan fingerprint density at radius 2 is 1.71 bits per heavy atom. The van der Waals surface area contributed by atoms with Crippen LogP contribution in [-0.4, -0.2) is 13.0 Å². The summed E-state index contributed by atoms with van der Waals surface area (Å²) in [6.07, 6.45) is 0. The zero-order valence-corrected chi connectivity index (χ0v) is 13.1. The number of aryl methyl sites for hydroxylation is 2. The molecule has 0 fully saturated rings. The average molecular weight is 282 g/mol. The van der Waals surface area contributed by atoms with Gasteiger partial charge in [-0.1, -0.05) is 48.0 Å². The van der Waals surface area contributed by atoms with Crippen LogP contribution in [0.15, 0.2) is 48.5 Å². The van der Waals surface area contributed by atoms with Gasteiger partial charge >= 0.3 is 0 Å². The first-order valence-corrected chi connectivity index (χ1v) is 7.04. The summed E-state index contributed by atoms with van der Waals surface area (Å²) >= 11 is 0. The maximum absolute atomic E-state index is 12.8. The van der Waals surface area contributed by atoms with Crippen LogP contribution in [-0.2, 0) is 10.3 Å². The number of carbonyl (C=O) groups is 1. The van der Waals surface area contributed by atoms with Crippen molar-refractivity contribution >= 4 is 11.6 Å². The van der Waals surface area contributed by atoms with Gasteiger partial charge in [0.2, 0.25) is 0 Å². The van der Waals surface area contributed by atoms with Gasteiger partial charge in [-0.05, 0) is 38.0 Å². The smallest absolute Gasteiger partial charge is 0.251 e. The molecule has 0 radical (unpaired) electrons. The van der Waals surface area contributed by atoms with Gasteiger partial charge in [-0.25, -0.2) is 0 Å². The Hall–Kier alpha value is -2.13. The zero-order valence-electron chi connectivity index (χ0n) is 13.1. The Bertz CT molecular complexity index is 648. The lowest BCUT2D eigenvalue weighted by Gasteiger charge is -2.30. The number of likely N-dealkylation sites (N-methyl/N-ethyl adjacent to an activating group) is 1. The van der Waals surface area contributed by atoms with Crippen molar-refractivity contribution < 1.29 is 4.79 Å². The fourth-order valence-electron chi connectivity index (χ4n) is 2.55. The van der Waals surface area contributed by atoms with E-state index >= 15 is 0 Å². The number of carbonyl (C=O) groups excluding carboxylic acids is 1. The lowest BCUT2D eigenvalue weighted by atomic mass is 9.91. The van der Waals surface area contributed by atoms with Gasteiger partial charge in [0.15, 0.2) is 0 Å². The van der Waals surface area contributed by atoms with E-state index in [2.05, 4.69) is 6.07 Å². The number of anilines is 1. The molecule has 1 atom stereocenters. The van der Waals surface area contributed by atoms with Gasteiger partial charge in [-0.15, -0.1) is 0 Å². The monoisotopic (exact) mass is 282 g/mol. The molecule has 0 heterocycles. The lowest BCUT2D eigenvalue weighted by Crippen LogP contribution is -2.50. The third kappa shape index (κ3) is 2.98. The number of benzene rings is 2. The molecule has 0 aliphatic carbocycles. The molecule has 2 aromatic carbocycles. The first-order valence-electron chi connectivity index (χ1n) is 7.04. The molecule has 0 spiro atoms. The van der Waals surface area contributed by atoms with Crippen LogP contribution in [0.2, 0.25) is 0 Å². The summed E-state index contributed by atoms with van der Waals surface area (Å²) in [4.78, 5) is 14.4. The second kappa shape index (κ2) is 5.70. The van der Waals surface area contributed by atoms with E-state index in [0.717, 1.165) is 16.8 Å². The molecule has 2 N–H and O–H groups in total. The molecule has 2 rings (SSSR count). The Morgan fingerprint density at radius 1 is 1.10 bits per heavy atom. The SMILES string of the molecule is Cc1ccc(N(C)C(=O)C(C)(N)c2ccccc2)c(C)c1. The Morgan fingerprint density at radius 3 is 2.29 bits per heavy atom. The number of hydrogen-bond acceptors (Lipinski definition) is 2. The molecule has 1 unspecified atom stereocenters. The summed E-state index contributed by atoms with van der Waals surface area (Å²) in [5.41, 5.74) is 9.20. The molecule has 0 aromatic heterocycles. The predicted molar refractivity (Wildman–Crippen MR) is 87.3 cm³/mol. The van der Waals surface area contributed by atoms with E-state index in [1.165, 1.54) is 5.56 Å². The van der Waals surface area contributed by atoms with Gasteiger partial charge in [-0.2, -0.15) is 0 Å². The minimum Gasteiger partial charge on any atom is -0.314 e. The molecule has 3 nitrogen and oxygen atoms in total. The lowest BCUT2D eigenvalue weighted by molar-refractivity contribution is -0.123. The molecule has 2 aromatic rings. The largest absolute Gasteiger partial charge is 0.314 e. The minimum atomic E-state index is -1.05. The third-order valence-electron chi connectivity index (χ3n) is 3.84. The van der Waals surface area contributed by atoms with E-state index < -0.39 is 5.54 Å². The van der Waals surface area contributed by atoms with Gasteiger partial charge in [0.1, 0.15) is 5.54 Å². The molecule has 0 bridgehead atoms. The molecular formula is C18H22N2O. The van der Waals surface area contributed by atoms with Crippen LogP contribution in [0.1, 0.15) is 23.6 Å². The van der Waals surface area contributed by atoms with Gasteiger partial charge < -0.3 is 10.6 Å². The quantitative estimate of drug-likeness (QED) is 0.940. The van der Waals surface area contributed by atoms with E-state index in [9.17, 15) is 4.79 Å². The molecule has 21 heavy (non-hydrogen) atoms. The van der Waals surface area contributed by atoms with Crippen molar-refractivity contribution in [3.8, 4) is 0 Å². The number of nitrogens with zero attached hydrogens (tertiary/aromatic N) is 1. The van der Waals surface area contributed by atoms with Crippen molar-refractivity contribution in [1.82, 2.24) is 0 Å². The second-order valence-electron chi connectivity index (χ2n) is 5.72. The van der Waals surface area contributed by atoms with Crippen LogP contribution in [0.4, 0.5) is 5.69 Å². The summed E-state index contributed by atoms with van der Waals surface area (Å²) in [7, 11) is 1.77. The maximum atomic E-state index is 12.8. The molecule has 1 amide bonds. The van der Waals surface area contributed by atoms with Gasteiger partial charge in [0, 0.05) is 12.7 Å². The van der Waals surface area contributed by atoms with E-state index in [4.69, 9.17) is 5.73 Å². The Balaban J connectivity index is 2.35. The Kier molecular flexibility index (Phi) is 4.14. The fourth-order valence-corrected chi connectivity index (χ4v) is 2.55. The highest BCUT2D eigenvalue weighted by Gasteiger charge is 2.33. The number of amides is 1. The highest BCUT2D eigenvalue weighted by atomic mass is 16.2. The maximum Gasteiger partial charge on any atom is 0.251 e. The summed E-state index contributed by atoms with van der Waals surface area (Å²) in [6.45, 7) is 5.79. The van der Waals surface area contributed by atoms with Crippen molar-refractivity contribution in [2.45, 2.75) is 26.3 Å². The number of hydrogen-bond donors (Lipinski definition) is 1. The van der Waals surface area contributed by atoms with Crippen molar-refractivity contribution in [2.75, 3.05) is 11.9 Å². The average Bonchev–Trinajstić information content (AvgIpc) is 2.46. The summed E-state index contributed by atoms with van der Waals surface area (Å²) < 4.78 is 0. The molecule has 0 aliphatic rings. The van der Waals surface area contributed by atoms with Gasteiger partial charge in [0.05, 0.1) is 0 Å². The van der Waals surface area contributed by atoms with Crippen LogP contribution in [0.5, 0.6) is 0 Å². The summed E-state index contributed by atoms with van der Waals surface area (Å²) in [6, 6.07) is 15.5. The van der Waals surface area contributed by atoms with Crippen molar-refractivity contribution in [2.24, 2.45) is 5.73 Å². The van der Waals surface area contributed by atoms with Crippen LogP contribution < -0.4 is 10.6 Å². The van der Waals surface area contributed by atoms with E-state index in [1.54, 1.807) is 18.9 Å². The van der Waals surface area contributed by atoms with Crippen LogP contribution in [0, 0.1) is 13.8 Å². The topological polar surface area (TPSA) is 46.3 Å². The first-order chi connectivity index (χ1) is 9.84. The molecule has 0 saturated carbocycles.